The first kappa shape index (κ1) is 22.6. The van der Waals surface area contributed by atoms with Gasteiger partial charge in [-0.3, -0.25) is 4.79 Å². The van der Waals surface area contributed by atoms with E-state index in [0.29, 0.717) is 23.9 Å². The van der Waals surface area contributed by atoms with Crippen LogP contribution in [0, 0.1) is 0 Å². The molecule has 3 rings (SSSR count). The van der Waals surface area contributed by atoms with Crippen LogP contribution in [0.1, 0.15) is 51.7 Å². The second-order valence-corrected chi connectivity index (χ2v) is 9.45. The monoisotopic (exact) mass is 429 g/mol. The summed E-state index contributed by atoms with van der Waals surface area (Å²) in [5.74, 6) is 0.660. The van der Waals surface area contributed by atoms with Crippen molar-refractivity contribution in [3.05, 3.63) is 64.7 Å². The molecule has 2 aromatic carbocycles. The third kappa shape index (κ3) is 6.23. The average molecular weight is 430 g/mol. The van der Waals surface area contributed by atoms with E-state index in [4.69, 9.17) is 21.1 Å². The summed E-state index contributed by atoms with van der Waals surface area (Å²) in [6, 6.07) is 15.6. The molecule has 0 bridgehead atoms. The number of halogens is 1. The van der Waals surface area contributed by atoms with Gasteiger partial charge < -0.3 is 14.4 Å². The molecule has 1 heterocycles. The number of carbonyl (C=O) groups excluding carboxylic acids is 1. The standard InChI is InChI=1S/C25H32ClNO3/c1-18(30-22-13-9-20(10-14-22)25(2,3)4)24(28)27(17-23-6-5-15-29-23)16-19-7-11-21(26)12-8-19/h7-14,18,23H,5-6,15-17H2,1-4H3/t18-,23+/m1/s1. The fourth-order valence-corrected chi connectivity index (χ4v) is 3.75. The van der Waals surface area contributed by atoms with Crippen LogP contribution in [0.2, 0.25) is 5.02 Å². The molecule has 1 fully saturated rings. The summed E-state index contributed by atoms with van der Waals surface area (Å²) in [6.45, 7) is 10.2. The number of carbonyl (C=O) groups is 1. The molecule has 0 unspecified atom stereocenters. The lowest BCUT2D eigenvalue weighted by atomic mass is 9.87. The number of ether oxygens (including phenoxy) is 2. The van der Waals surface area contributed by atoms with Crippen molar-refractivity contribution in [1.82, 2.24) is 4.90 Å². The smallest absolute Gasteiger partial charge is 0.263 e. The molecule has 0 N–H and O–H groups in total. The molecule has 2 atom stereocenters. The van der Waals surface area contributed by atoms with Crippen molar-refractivity contribution in [1.29, 1.82) is 0 Å². The Kier molecular flexibility index (Phi) is 7.43. The van der Waals surface area contributed by atoms with Crippen LogP contribution in [0.4, 0.5) is 0 Å². The maximum atomic E-state index is 13.3. The van der Waals surface area contributed by atoms with Crippen LogP contribution in [0.3, 0.4) is 0 Å². The maximum absolute atomic E-state index is 13.3. The zero-order valence-electron chi connectivity index (χ0n) is 18.4. The summed E-state index contributed by atoms with van der Waals surface area (Å²) in [7, 11) is 0. The van der Waals surface area contributed by atoms with Crippen LogP contribution in [-0.2, 0) is 21.5 Å². The molecule has 1 saturated heterocycles. The summed E-state index contributed by atoms with van der Waals surface area (Å²) in [5.41, 5.74) is 2.35. The van der Waals surface area contributed by atoms with Crippen LogP contribution in [-0.4, -0.2) is 36.2 Å². The van der Waals surface area contributed by atoms with E-state index in [9.17, 15) is 4.79 Å². The van der Waals surface area contributed by atoms with E-state index < -0.39 is 6.10 Å². The van der Waals surface area contributed by atoms with Gasteiger partial charge in [0, 0.05) is 24.7 Å². The second kappa shape index (κ2) is 9.84. The first-order chi connectivity index (χ1) is 14.2. The lowest BCUT2D eigenvalue weighted by Crippen LogP contribution is -2.43. The summed E-state index contributed by atoms with van der Waals surface area (Å²) in [4.78, 5) is 15.1. The molecular weight excluding hydrogens is 398 g/mol. The first-order valence-electron chi connectivity index (χ1n) is 10.6. The molecule has 0 aromatic heterocycles. The Labute approximate surface area is 185 Å². The molecule has 4 nitrogen and oxygen atoms in total. The quantitative estimate of drug-likeness (QED) is 0.574. The highest BCUT2D eigenvalue weighted by molar-refractivity contribution is 6.30. The van der Waals surface area contributed by atoms with Gasteiger partial charge in [0.1, 0.15) is 5.75 Å². The van der Waals surface area contributed by atoms with Crippen molar-refractivity contribution >= 4 is 17.5 Å². The van der Waals surface area contributed by atoms with E-state index >= 15 is 0 Å². The van der Waals surface area contributed by atoms with Crippen molar-refractivity contribution in [3.63, 3.8) is 0 Å². The van der Waals surface area contributed by atoms with Crippen molar-refractivity contribution in [2.45, 2.75) is 64.7 Å². The second-order valence-electron chi connectivity index (χ2n) is 9.01. The van der Waals surface area contributed by atoms with Gasteiger partial charge in [0.05, 0.1) is 6.10 Å². The van der Waals surface area contributed by atoms with Crippen LogP contribution >= 0.6 is 11.6 Å². The van der Waals surface area contributed by atoms with Crippen molar-refractivity contribution in [3.8, 4) is 5.75 Å². The number of amides is 1. The van der Waals surface area contributed by atoms with Gasteiger partial charge in [-0.2, -0.15) is 0 Å². The Balaban J connectivity index is 1.69. The molecule has 30 heavy (non-hydrogen) atoms. The van der Waals surface area contributed by atoms with Gasteiger partial charge in [0.15, 0.2) is 6.10 Å². The van der Waals surface area contributed by atoms with Gasteiger partial charge in [0.25, 0.3) is 5.91 Å². The predicted molar refractivity (Wildman–Crippen MR) is 121 cm³/mol. The van der Waals surface area contributed by atoms with E-state index in [1.807, 2.05) is 48.2 Å². The van der Waals surface area contributed by atoms with E-state index in [1.165, 1.54) is 5.56 Å². The summed E-state index contributed by atoms with van der Waals surface area (Å²) in [6.07, 6.45) is 1.52. The predicted octanol–water partition coefficient (Wildman–Crippen LogP) is 5.61. The molecular formula is C25H32ClNO3. The molecule has 1 aliphatic heterocycles. The molecule has 0 saturated carbocycles. The SMILES string of the molecule is C[C@@H](Oc1ccc(C(C)(C)C)cc1)C(=O)N(Cc1ccc(Cl)cc1)C[C@@H]1CCCO1. The molecule has 0 spiro atoms. The van der Waals surface area contributed by atoms with E-state index in [1.54, 1.807) is 0 Å². The Morgan fingerprint density at radius 1 is 1.17 bits per heavy atom. The van der Waals surface area contributed by atoms with Gasteiger partial charge in [-0.15, -0.1) is 0 Å². The lowest BCUT2D eigenvalue weighted by Gasteiger charge is -2.28. The maximum Gasteiger partial charge on any atom is 0.263 e. The summed E-state index contributed by atoms with van der Waals surface area (Å²) >= 11 is 6.01. The number of hydrogen-bond donors (Lipinski definition) is 0. The molecule has 0 radical (unpaired) electrons. The van der Waals surface area contributed by atoms with Gasteiger partial charge in [0.2, 0.25) is 0 Å². The fourth-order valence-electron chi connectivity index (χ4n) is 3.62. The van der Waals surface area contributed by atoms with E-state index in [0.717, 1.165) is 25.0 Å². The highest BCUT2D eigenvalue weighted by Gasteiger charge is 2.27. The van der Waals surface area contributed by atoms with Crippen LogP contribution in [0.15, 0.2) is 48.5 Å². The number of rotatable bonds is 7. The molecule has 5 heteroatoms. The van der Waals surface area contributed by atoms with Gasteiger partial charge in [-0.25, -0.2) is 0 Å². The zero-order valence-corrected chi connectivity index (χ0v) is 19.1. The van der Waals surface area contributed by atoms with Crippen molar-refractivity contribution in [2.75, 3.05) is 13.2 Å². The average Bonchev–Trinajstić information content (AvgIpc) is 3.21. The van der Waals surface area contributed by atoms with Crippen LogP contribution in [0.5, 0.6) is 5.75 Å². The van der Waals surface area contributed by atoms with Crippen LogP contribution in [0.25, 0.3) is 0 Å². The summed E-state index contributed by atoms with van der Waals surface area (Å²) in [5, 5.41) is 0.686. The Morgan fingerprint density at radius 2 is 1.83 bits per heavy atom. The third-order valence-electron chi connectivity index (χ3n) is 5.43. The number of nitrogens with zero attached hydrogens (tertiary/aromatic N) is 1. The summed E-state index contributed by atoms with van der Waals surface area (Å²) < 4.78 is 11.8. The molecule has 0 aliphatic carbocycles. The van der Waals surface area contributed by atoms with Crippen molar-refractivity contribution < 1.29 is 14.3 Å². The van der Waals surface area contributed by atoms with Gasteiger partial charge in [-0.1, -0.05) is 56.6 Å². The Hall–Kier alpha value is -2.04. The highest BCUT2D eigenvalue weighted by Crippen LogP contribution is 2.25. The lowest BCUT2D eigenvalue weighted by molar-refractivity contribution is -0.140. The van der Waals surface area contributed by atoms with E-state index in [-0.39, 0.29) is 17.4 Å². The molecule has 1 amide bonds. The largest absolute Gasteiger partial charge is 0.481 e. The highest BCUT2D eigenvalue weighted by atomic mass is 35.5. The normalized spacial score (nSPS) is 17.6. The number of benzene rings is 2. The topological polar surface area (TPSA) is 38.8 Å². The first-order valence-corrected chi connectivity index (χ1v) is 11.0. The minimum atomic E-state index is -0.584. The van der Waals surface area contributed by atoms with Gasteiger partial charge in [-0.05, 0) is 60.6 Å². The Morgan fingerprint density at radius 3 is 2.40 bits per heavy atom. The molecule has 1 aliphatic rings. The Bertz CT molecular complexity index is 821. The third-order valence-corrected chi connectivity index (χ3v) is 5.68. The van der Waals surface area contributed by atoms with Crippen LogP contribution < -0.4 is 4.74 Å². The van der Waals surface area contributed by atoms with Gasteiger partial charge >= 0.3 is 0 Å². The minimum absolute atomic E-state index is 0.0413. The minimum Gasteiger partial charge on any atom is -0.481 e. The van der Waals surface area contributed by atoms with Crippen molar-refractivity contribution in [2.24, 2.45) is 0 Å². The molecule has 2 aromatic rings. The fraction of sp³-hybridized carbons (Fsp3) is 0.480. The number of hydrogen-bond acceptors (Lipinski definition) is 3. The molecule has 162 valence electrons. The zero-order chi connectivity index (χ0) is 21.7. The van der Waals surface area contributed by atoms with E-state index in [2.05, 4.69) is 32.9 Å².